The molecule has 0 aliphatic carbocycles. The zero-order chi connectivity index (χ0) is 14.6. The van der Waals surface area contributed by atoms with Crippen LogP contribution in [0.4, 0.5) is 5.69 Å². The molecule has 0 fully saturated rings. The third kappa shape index (κ3) is 3.88. The zero-order valence-corrected chi connectivity index (χ0v) is 12.4. The molecule has 1 rings (SSSR count). The van der Waals surface area contributed by atoms with Gasteiger partial charge in [0.05, 0.1) is 12.7 Å². The van der Waals surface area contributed by atoms with E-state index in [2.05, 4.69) is 13.8 Å². The van der Waals surface area contributed by atoms with E-state index in [9.17, 15) is 4.79 Å². The number of amides is 1. The largest absolute Gasteiger partial charge is 0.497 e. The summed E-state index contributed by atoms with van der Waals surface area (Å²) in [4.78, 5) is 14.4. The van der Waals surface area contributed by atoms with Gasteiger partial charge in [0, 0.05) is 18.3 Å². The van der Waals surface area contributed by atoms with E-state index in [0.717, 1.165) is 0 Å². The van der Waals surface area contributed by atoms with Crippen molar-refractivity contribution in [3.05, 3.63) is 23.8 Å². The molecule has 0 radical (unpaired) electrons. The number of benzene rings is 1. The van der Waals surface area contributed by atoms with Gasteiger partial charge in [-0.05, 0) is 38.0 Å². The Balaban J connectivity index is 3.08. The fourth-order valence-corrected chi connectivity index (χ4v) is 1.92. The van der Waals surface area contributed by atoms with E-state index in [-0.39, 0.29) is 11.9 Å². The lowest BCUT2D eigenvalue weighted by atomic mass is 10.1. The monoisotopic (exact) mass is 264 g/mol. The predicted octanol–water partition coefficient (Wildman–Crippen LogP) is 2.78. The van der Waals surface area contributed by atoms with E-state index in [1.54, 1.807) is 25.3 Å². The number of hydrogen-bond acceptors (Lipinski definition) is 3. The van der Waals surface area contributed by atoms with Crippen molar-refractivity contribution in [1.29, 1.82) is 0 Å². The van der Waals surface area contributed by atoms with Gasteiger partial charge in [-0.3, -0.25) is 4.79 Å². The van der Waals surface area contributed by atoms with Gasteiger partial charge in [0.2, 0.25) is 0 Å². The molecule has 0 aliphatic rings. The number of nitrogens with two attached hydrogens (primary N) is 1. The first-order chi connectivity index (χ1) is 8.86. The Morgan fingerprint density at radius 1 is 1.32 bits per heavy atom. The Morgan fingerprint density at radius 2 is 1.95 bits per heavy atom. The molecule has 0 heterocycles. The lowest BCUT2D eigenvalue weighted by Crippen LogP contribution is -2.39. The number of nitrogen functional groups attached to an aromatic ring is 1. The summed E-state index contributed by atoms with van der Waals surface area (Å²) in [6.07, 6.45) is 0. The Labute approximate surface area is 115 Å². The highest BCUT2D eigenvalue weighted by Gasteiger charge is 2.22. The predicted molar refractivity (Wildman–Crippen MR) is 78.4 cm³/mol. The molecule has 4 heteroatoms. The second kappa shape index (κ2) is 6.45. The maximum atomic E-state index is 12.6. The van der Waals surface area contributed by atoms with Crippen LogP contribution in [-0.2, 0) is 0 Å². The molecule has 0 saturated carbocycles. The van der Waals surface area contributed by atoms with Gasteiger partial charge in [0.15, 0.2) is 0 Å². The molecule has 0 aromatic heterocycles. The van der Waals surface area contributed by atoms with Gasteiger partial charge in [0.1, 0.15) is 5.75 Å². The first-order valence-corrected chi connectivity index (χ1v) is 6.61. The van der Waals surface area contributed by atoms with Crippen molar-refractivity contribution in [3.8, 4) is 5.75 Å². The van der Waals surface area contributed by atoms with Crippen LogP contribution in [0.5, 0.6) is 5.75 Å². The number of methoxy groups -OCH3 is 1. The normalized spacial score (nSPS) is 10.9. The van der Waals surface area contributed by atoms with E-state index in [1.165, 1.54) is 0 Å². The van der Waals surface area contributed by atoms with E-state index in [0.29, 0.717) is 29.5 Å². The summed E-state index contributed by atoms with van der Waals surface area (Å²) in [6, 6.07) is 5.31. The average Bonchev–Trinajstić information content (AvgIpc) is 2.35. The Morgan fingerprint density at radius 3 is 2.42 bits per heavy atom. The smallest absolute Gasteiger partial charge is 0.256 e. The van der Waals surface area contributed by atoms with Crippen LogP contribution < -0.4 is 10.5 Å². The lowest BCUT2D eigenvalue weighted by Gasteiger charge is -2.29. The molecule has 1 amide bonds. The molecular weight excluding hydrogens is 240 g/mol. The van der Waals surface area contributed by atoms with Crippen LogP contribution in [0.25, 0.3) is 0 Å². The summed E-state index contributed by atoms with van der Waals surface area (Å²) < 4.78 is 5.16. The second-order valence-electron chi connectivity index (χ2n) is 5.40. The van der Waals surface area contributed by atoms with Gasteiger partial charge in [-0.2, -0.15) is 0 Å². The molecule has 0 bridgehead atoms. The molecule has 0 unspecified atom stereocenters. The zero-order valence-electron chi connectivity index (χ0n) is 12.4. The summed E-state index contributed by atoms with van der Waals surface area (Å²) in [7, 11) is 1.58. The van der Waals surface area contributed by atoms with Crippen LogP contribution in [0.2, 0.25) is 0 Å². The third-order valence-electron chi connectivity index (χ3n) is 2.94. The molecule has 0 atom stereocenters. The second-order valence-corrected chi connectivity index (χ2v) is 5.40. The van der Waals surface area contributed by atoms with E-state index >= 15 is 0 Å². The van der Waals surface area contributed by atoms with E-state index < -0.39 is 0 Å². The van der Waals surface area contributed by atoms with Gasteiger partial charge < -0.3 is 15.4 Å². The van der Waals surface area contributed by atoms with Gasteiger partial charge in [-0.15, -0.1) is 0 Å². The van der Waals surface area contributed by atoms with Crippen LogP contribution in [0.1, 0.15) is 38.1 Å². The summed E-state index contributed by atoms with van der Waals surface area (Å²) in [5, 5.41) is 0. The van der Waals surface area contributed by atoms with Crippen LogP contribution in [-0.4, -0.2) is 30.5 Å². The van der Waals surface area contributed by atoms with Gasteiger partial charge in [0.25, 0.3) is 5.91 Å². The molecule has 106 valence electrons. The molecule has 0 spiro atoms. The number of hydrogen-bond donors (Lipinski definition) is 1. The quantitative estimate of drug-likeness (QED) is 0.832. The third-order valence-corrected chi connectivity index (χ3v) is 2.94. The van der Waals surface area contributed by atoms with Gasteiger partial charge in [-0.1, -0.05) is 13.8 Å². The highest BCUT2D eigenvalue weighted by Crippen LogP contribution is 2.22. The highest BCUT2D eigenvalue weighted by molar-refractivity contribution is 5.99. The minimum atomic E-state index is -0.0416. The van der Waals surface area contributed by atoms with Gasteiger partial charge in [-0.25, -0.2) is 0 Å². The Kier molecular flexibility index (Phi) is 5.21. The summed E-state index contributed by atoms with van der Waals surface area (Å²) in [5.41, 5.74) is 6.91. The van der Waals surface area contributed by atoms with Crippen LogP contribution >= 0.6 is 0 Å². The summed E-state index contributed by atoms with van der Waals surface area (Å²) in [6.45, 7) is 8.93. The molecule has 19 heavy (non-hydrogen) atoms. The lowest BCUT2D eigenvalue weighted by molar-refractivity contribution is 0.0682. The van der Waals surface area contributed by atoms with Gasteiger partial charge >= 0.3 is 0 Å². The molecular formula is C15H24N2O2. The number of carbonyl (C=O) groups excluding carboxylic acids is 1. The number of ether oxygens (including phenoxy) is 1. The highest BCUT2D eigenvalue weighted by atomic mass is 16.5. The fourth-order valence-electron chi connectivity index (χ4n) is 1.92. The van der Waals surface area contributed by atoms with Crippen molar-refractivity contribution in [2.75, 3.05) is 19.4 Å². The number of rotatable bonds is 5. The number of anilines is 1. The number of carbonyl (C=O) groups is 1. The maximum absolute atomic E-state index is 12.6. The van der Waals surface area contributed by atoms with Crippen molar-refractivity contribution in [3.63, 3.8) is 0 Å². The van der Waals surface area contributed by atoms with Crippen molar-refractivity contribution in [2.24, 2.45) is 5.92 Å². The minimum absolute atomic E-state index is 0.0416. The molecule has 1 aromatic carbocycles. The topological polar surface area (TPSA) is 55.6 Å². The molecule has 2 N–H and O–H groups in total. The van der Waals surface area contributed by atoms with Crippen LogP contribution in [0, 0.1) is 5.92 Å². The van der Waals surface area contributed by atoms with Crippen molar-refractivity contribution in [1.82, 2.24) is 4.90 Å². The van der Waals surface area contributed by atoms with Crippen molar-refractivity contribution >= 4 is 11.6 Å². The first kappa shape index (κ1) is 15.3. The molecule has 0 aliphatic heterocycles. The molecule has 1 aromatic rings. The average molecular weight is 264 g/mol. The van der Waals surface area contributed by atoms with Crippen LogP contribution in [0.15, 0.2) is 18.2 Å². The number of nitrogens with zero attached hydrogens (tertiary/aromatic N) is 1. The van der Waals surface area contributed by atoms with E-state index in [4.69, 9.17) is 10.5 Å². The SMILES string of the molecule is COc1ccc(N)c(C(=O)N(CC(C)C)C(C)C)c1. The van der Waals surface area contributed by atoms with Crippen LogP contribution in [0.3, 0.4) is 0 Å². The Hall–Kier alpha value is -1.71. The van der Waals surface area contributed by atoms with Crippen molar-refractivity contribution in [2.45, 2.75) is 33.7 Å². The summed E-state index contributed by atoms with van der Waals surface area (Å²) in [5.74, 6) is 1.02. The van der Waals surface area contributed by atoms with Crippen molar-refractivity contribution < 1.29 is 9.53 Å². The molecule has 4 nitrogen and oxygen atoms in total. The first-order valence-electron chi connectivity index (χ1n) is 6.61. The standard InChI is InChI=1S/C15H24N2O2/c1-10(2)9-17(11(3)4)15(18)13-8-12(19-5)6-7-14(13)16/h6-8,10-11H,9,16H2,1-5H3. The minimum Gasteiger partial charge on any atom is -0.497 e. The van der Waals surface area contributed by atoms with E-state index in [1.807, 2.05) is 18.7 Å². The molecule has 0 saturated heterocycles. The maximum Gasteiger partial charge on any atom is 0.256 e. The summed E-state index contributed by atoms with van der Waals surface area (Å²) >= 11 is 0. The fraction of sp³-hybridized carbons (Fsp3) is 0.533. The Bertz CT molecular complexity index is 442.